The van der Waals surface area contributed by atoms with Crippen molar-refractivity contribution >= 4 is 49.2 Å². The standard InChI is InChI=1S/C24H27BrN4O2S/c1-12(2)17-18-13(3)20(25)32-22(18)29(23(30)31-24(4,5)6)19(17)16-10-28-21(26-11-27-28)15-9-7-8-14(15)16/h10-12H,7-9H2,1-6H3. The van der Waals surface area contributed by atoms with Crippen LogP contribution >= 0.6 is 27.3 Å². The van der Waals surface area contributed by atoms with Crippen LogP contribution in [0.5, 0.6) is 0 Å². The predicted octanol–water partition coefficient (Wildman–Crippen LogP) is 6.88. The number of aromatic nitrogens is 4. The Hall–Kier alpha value is -2.19. The van der Waals surface area contributed by atoms with E-state index in [1.807, 2.05) is 31.5 Å². The summed E-state index contributed by atoms with van der Waals surface area (Å²) in [7, 11) is 0. The fraction of sp³-hybridized carbons (Fsp3) is 0.458. The van der Waals surface area contributed by atoms with E-state index in [9.17, 15) is 4.79 Å². The minimum absolute atomic E-state index is 0.222. The monoisotopic (exact) mass is 514 g/mol. The van der Waals surface area contributed by atoms with Crippen LogP contribution in [0.1, 0.15) is 69.2 Å². The zero-order valence-corrected chi connectivity index (χ0v) is 21.6. The van der Waals surface area contributed by atoms with Gasteiger partial charge in [0.15, 0.2) is 5.65 Å². The molecule has 32 heavy (non-hydrogen) atoms. The van der Waals surface area contributed by atoms with Crippen molar-refractivity contribution in [2.45, 2.75) is 72.3 Å². The zero-order valence-electron chi connectivity index (χ0n) is 19.2. The Morgan fingerprint density at radius 3 is 2.66 bits per heavy atom. The summed E-state index contributed by atoms with van der Waals surface area (Å²) in [5.41, 5.74) is 7.18. The average Bonchev–Trinajstić information content (AvgIpc) is 3.43. The minimum Gasteiger partial charge on any atom is -0.443 e. The summed E-state index contributed by atoms with van der Waals surface area (Å²) in [6.07, 6.45) is 6.34. The molecule has 5 rings (SSSR count). The molecule has 6 nitrogen and oxygen atoms in total. The van der Waals surface area contributed by atoms with Crippen molar-refractivity contribution in [1.82, 2.24) is 19.2 Å². The number of carbonyl (C=O) groups excluding carboxylic acids is 1. The Morgan fingerprint density at radius 1 is 1.25 bits per heavy atom. The first kappa shape index (κ1) is 21.6. The van der Waals surface area contributed by atoms with Crippen molar-refractivity contribution < 1.29 is 9.53 Å². The van der Waals surface area contributed by atoms with E-state index in [4.69, 9.17) is 4.74 Å². The summed E-state index contributed by atoms with van der Waals surface area (Å²) in [6, 6.07) is 0. The molecule has 0 radical (unpaired) electrons. The molecule has 1 aliphatic carbocycles. The molecule has 0 spiro atoms. The van der Waals surface area contributed by atoms with Crippen LogP contribution in [0.2, 0.25) is 0 Å². The molecule has 0 amide bonds. The first-order chi connectivity index (χ1) is 15.1. The second kappa shape index (κ2) is 7.42. The Balaban J connectivity index is 1.91. The molecule has 4 aromatic rings. The molecule has 0 aliphatic heterocycles. The fourth-order valence-corrected chi connectivity index (χ4v) is 6.55. The minimum atomic E-state index is -0.593. The molecule has 168 valence electrons. The number of nitrogens with zero attached hydrogens (tertiary/aromatic N) is 4. The smallest absolute Gasteiger partial charge is 0.420 e. The molecule has 0 unspecified atom stereocenters. The van der Waals surface area contributed by atoms with E-state index in [1.54, 1.807) is 22.2 Å². The molecule has 1 aliphatic rings. The van der Waals surface area contributed by atoms with E-state index in [2.05, 4.69) is 46.8 Å². The molecule has 0 saturated carbocycles. The predicted molar refractivity (Wildman–Crippen MR) is 132 cm³/mol. The van der Waals surface area contributed by atoms with E-state index >= 15 is 0 Å². The van der Waals surface area contributed by atoms with Gasteiger partial charge in [0.05, 0.1) is 9.48 Å². The Bertz CT molecular complexity index is 1390. The highest BCUT2D eigenvalue weighted by molar-refractivity contribution is 9.11. The number of carbonyl (C=O) groups is 1. The number of hydrogen-bond acceptors (Lipinski definition) is 5. The van der Waals surface area contributed by atoms with E-state index in [-0.39, 0.29) is 12.0 Å². The maximum Gasteiger partial charge on any atom is 0.420 e. The van der Waals surface area contributed by atoms with Crippen LogP contribution in [0, 0.1) is 6.92 Å². The van der Waals surface area contributed by atoms with Crippen LogP contribution in [0.3, 0.4) is 0 Å². The molecule has 8 heteroatoms. The van der Waals surface area contributed by atoms with E-state index in [0.717, 1.165) is 55.7 Å². The van der Waals surface area contributed by atoms with Gasteiger partial charge >= 0.3 is 6.09 Å². The number of fused-ring (bicyclic) bond motifs is 4. The fourth-order valence-electron chi connectivity index (χ4n) is 4.85. The Labute approximate surface area is 199 Å². The topological polar surface area (TPSA) is 61.4 Å². The van der Waals surface area contributed by atoms with Crippen LogP contribution in [0.25, 0.3) is 27.1 Å². The summed E-state index contributed by atoms with van der Waals surface area (Å²) in [5.74, 6) is 0.222. The molecule has 4 heterocycles. The Kier molecular flexibility index (Phi) is 5.02. The average molecular weight is 515 g/mol. The number of halogens is 1. The lowest BCUT2D eigenvalue weighted by molar-refractivity contribution is 0.0547. The maximum atomic E-state index is 13.6. The van der Waals surface area contributed by atoms with Crippen LogP contribution < -0.4 is 0 Å². The largest absolute Gasteiger partial charge is 0.443 e. The molecule has 0 atom stereocenters. The lowest BCUT2D eigenvalue weighted by atomic mass is 9.93. The lowest BCUT2D eigenvalue weighted by Gasteiger charge is -2.22. The summed E-state index contributed by atoms with van der Waals surface area (Å²) in [5, 5.41) is 5.58. The SMILES string of the molecule is Cc1c(Br)sc2c1c(C(C)C)c(-c1cn3ncnc3c3c1CCC3)n2C(=O)OC(C)(C)C. The zero-order chi connectivity index (χ0) is 22.9. The van der Waals surface area contributed by atoms with E-state index in [1.165, 1.54) is 16.7 Å². The second-order valence-electron chi connectivity index (χ2n) is 9.80. The van der Waals surface area contributed by atoms with Crippen molar-refractivity contribution in [3.8, 4) is 11.3 Å². The second-order valence-corrected chi connectivity index (χ2v) is 12.1. The van der Waals surface area contributed by atoms with Gasteiger partial charge in [-0.15, -0.1) is 11.3 Å². The highest BCUT2D eigenvalue weighted by Crippen LogP contribution is 2.48. The van der Waals surface area contributed by atoms with Gasteiger partial charge in [0.25, 0.3) is 0 Å². The lowest BCUT2D eigenvalue weighted by Crippen LogP contribution is -2.27. The quantitative estimate of drug-likeness (QED) is 0.292. The van der Waals surface area contributed by atoms with Crippen LogP contribution in [-0.2, 0) is 17.6 Å². The molecule has 0 aromatic carbocycles. The van der Waals surface area contributed by atoms with Crippen molar-refractivity contribution in [3.63, 3.8) is 0 Å². The summed E-state index contributed by atoms with van der Waals surface area (Å²) in [4.78, 5) is 19.1. The molecule has 0 saturated heterocycles. The van der Waals surface area contributed by atoms with E-state index < -0.39 is 5.60 Å². The van der Waals surface area contributed by atoms with Crippen LogP contribution in [-0.4, -0.2) is 30.9 Å². The van der Waals surface area contributed by atoms with Gasteiger partial charge in [-0.2, -0.15) is 5.10 Å². The molecule has 0 fully saturated rings. The molecule has 4 aromatic heterocycles. The number of aryl methyl sites for hydroxylation is 2. The van der Waals surface area contributed by atoms with Crippen molar-refractivity contribution in [2.75, 3.05) is 0 Å². The number of hydrogen-bond donors (Lipinski definition) is 0. The van der Waals surface area contributed by atoms with Gasteiger partial charge in [-0.1, -0.05) is 13.8 Å². The summed E-state index contributed by atoms with van der Waals surface area (Å²) >= 11 is 5.29. The Morgan fingerprint density at radius 2 is 1.97 bits per heavy atom. The van der Waals surface area contributed by atoms with Gasteiger partial charge < -0.3 is 4.74 Å². The third-order valence-corrected chi connectivity index (χ3v) is 8.21. The van der Waals surface area contributed by atoms with Crippen molar-refractivity contribution in [2.24, 2.45) is 0 Å². The highest BCUT2D eigenvalue weighted by Gasteiger charge is 2.33. The number of thiophene rings is 1. The van der Waals surface area contributed by atoms with Gasteiger partial charge in [0.2, 0.25) is 0 Å². The molecular formula is C24H27BrN4O2S. The molecule has 0 bridgehead atoms. The normalized spacial score (nSPS) is 14.1. The summed E-state index contributed by atoms with van der Waals surface area (Å²) in [6.45, 7) is 12.2. The van der Waals surface area contributed by atoms with Gasteiger partial charge in [0.1, 0.15) is 16.8 Å². The third-order valence-electron chi connectivity index (χ3n) is 6.07. The van der Waals surface area contributed by atoms with Gasteiger partial charge in [0, 0.05) is 22.7 Å². The van der Waals surface area contributed by atoms with Crippen LogP contribution in [0.15, 0.2) is 16.3 Å². The number of ether oxygens (including phenoxy) is 1. The first-order valence-electron chi connectivity index (χ1n) is 11.0. The van der Waals surface area contributed by atoms with Crippen LogP contribution in [0.4, 0.5) is 4.79 Å². The van der Waals surface area contributed by atoms with Crippen molar-refractivity contribution in [3.05, 3.63) is 38.6 Å². The maximum absolute atomic E-state index is 13.6. The van der Waals surface area contributed by atoms with Gasteiger partial charge in [-0.25, -0.2) is 18.9 Å². The van der Waals surface area contributed by atoms with Gasteiger partial charge in [-0.05, 0) is 85.5 Å². The highest BCUT2D eigenvalue weighted by atomic mass is 79.9. The van der Waals surface area contributed by atoms with E-state index in [0.29, 0.717) is 0 Å². The third kappa shape index (κ3) is 3.22. The van der Waals surface area contributed by atoms with Gasteiger partial charge in [-0.3, -0.25) is 0 Å². The molecule has 0 N–H and O–H groups in total. The first-order valence-corrected chi connectivity index (χ1v) is 12.6. The number of pyridine rings is 1. The molecular weight excluding hydrogens is 488 g/mol. The number of rotatable bonds is 2. The van der Waals surface area contributed by atoms with Crippen molar-refractivity contribution in [1.29, 1.82) is 0 Å². The summed E-state index contributed by atoms with van der Waals surface area (Å²) < 4.78 is 10.6.